The lowest BCUT2D eigenvalue weighted by atomic mass is 10.2. The first kappa shape index (κ1) is 10.1. The van der Waals surface area contributed by atoms with Gasteiger partial charge in [-0.2, -0.15) is 0 Å². The van der Waals surface area contributed by atoms with Crippen molar-refractivity contribution in [3.63, 3.8) is 0 Å². The Kier molecular flexibility index (Phi) is 2.68. The van der Waals surface area contributed by atoms with Gasteiger partial charge in [0.1, 0.15) is 0 Å². The average molecular weight is 214 g/mol. The molecule has 15 heavy (non-hydrogen) atoms. The summed E-state index contributed by atoms with van der Waals surface area (Å²) in [4.78, 5) is 22.5. The predicted octanol–water partition coefficient (Wildman–Crippen LogP) is -0.0784. The first-order valence-corrected chi connectivity index (χ1v) is 4.79. The molecule has 1 saturated heterocycles. The maximum atomic E-state index is 12.8. The third-order valence-corrected chi connectivity index (χ3v) is 2.44. The molecule has 0 bridgehead atoms. The van der Waals surface area contributed by atoms with Crippen LogP contribution in [0.25, 0.3) is 0 Å². The van der Waals surface area contributed by atoms with E-state index < -0.39 is 11.2 Å². The summed E-state index contributed by atoms with van der Waals surface area (Å²) in [5.41, 5.74) is -1.44. The van der Waals surface area contributed by atoms with E-state index in [2.05, 4.69) is 0 Å². The minimum absolute atomic E-state index is 0.101. The minimum atomic E-state index is -0.946. The van der Waals surface area contributed by atoms with Crippen LogP contribution in [0, 0.1) is 0 Å². The number of aromatic nitrogens is 2. The molecule has 0 amide bonds. The fourth-order valence-corrected chi connectivity index (χ4v) is 1.65. The Hall–Kier alpha value is -1.43. The Morgan fingerprint density at radius 3 is 3.00 bits per heavy atom. The summed E-state index contributed by atoms with van der Waals surface area (Å²) in [6, 6.07) is 1.02. The molecule has 1 unspecified atom stereocenters. The fraction of sp³-hybridized carbons (Fsp3) is 0.556. The molecule has 1 aromatic heterocycles. The first-order valence-electron chi connectivity index (χ1n) is 4.79. The predicted molar refractivity (Wildman–Crippen MR) is 50.4 cm³/mol. The maximum absolute atomic E-state index is 12.8. The highest BCUT2D eigenvalue weighted by Gasteiger charge is 2.18. The van der Waals surface area contributed by atoms with Crippen LogP contribution in [-0.2, 0) is 11.3 Å². The van der Waals surface area contributed by atoms with Gasteiger partial charge in [-0.05, 0) is 12.8 Å². The van der Waals surface area contributed by atoms with Crippen LogP contribution in [-0.4, -0.2) is 22.1 Å². The number of rotatable bonds is 2. The van der Waals surface area contributed by atoms with Crippen LogP contribution in [0.1, 0.15) is 12.8 Å². The lowest BCUT2D eigenvalue weighted by Gasteiger charge is -2.10. The molecular formula is C9H11FN2O3. The molecule has 1 aliphatic rings. The van der Waals surface area contributed by atoms with Crippen LogP contribution in [0.15, 0.2) is 21.9 Å². The standard InChI is InChI=1S/C9H11FN2O3/c10-12-4-3-8(13)11(9(12)14)6-7-2-1-5-15-7/h3-4,7H,1-2,5-6H2. The van der Waals surface area contributed by atoms with Crippen LogP contribution in [0.4, 0.5) is 4.48 Å². The Labute approximate surface area is 84.6 Å². The molecule has 1 aliphatic heterocycles. The summed E-state index contributed by atoms with van der Waals surface area (Å²) in [7, 11) is 0. The van der Waals surface area contributed by atoms with Crippen molar-refractivity contribution in [3.05, 3.63) is 33.1 Å². The van der Waals surface area contributed by atoms with E-state index in [0.717, 1.165) is 29.7 Å². The van der Waals surface area contributed by atoms with Gasteiger partial charge >= 0.3 is 5.69 Å². The van der Waals surface area contributed by atoms with E-state index in [9.17, 15) is 14.1 Å². The molecule has 0 aromatic carbocycles. The van der Waals surface area contributed by atoms with E-state index in [1.54, 1.807) is 0 Å². The second kappa shape index (κ2) is 3.98. The molecule has 6 heteroatoms. The highest BCUT2D eigenvalue weighted by atomic mass is 19.2. The molecule has 0 spiro atoms. The third-order valence-electron chi connectivity index (χ3n) is 2.44. The summed E-state index contributed by atoms with van der Waals surface area (Å²) >= 11 is 0. The zero-order valence-electron chi connectivity index (χ0n) is 8.06. The molecule has 5 nitrogen and oxygen atoms in total. The van der Waals surface area contributed by atoms with Gasteiger partial charge in [0.2, 0.25) is 0 Å². The SMILES string of the molecule is O=c1ccn(F)c(=O)n1CC1CCCO1. The fourth-order valence-electron chi connectivity index (χ4n) is 1.65. The summed E-state index contributed by atoms with van der Waals surface area (Å²) < 4.78 is 19.0. The van der Waals surface area contributed by atoms with E-state index in [-0.39, 0.29) is 17.4 Å². The number of hydrogen-bond donors (Lipinski definition) is 0. The number of hydrogen-bond acceptors (Lipinski definition) is 3. The molecule has 0 N–H and O–H groups in total. The second-order valence-electron chi connectivity index (χ2n) is 3.49. The summed E-state index contributed by atoms with van der Waals surface area (Å²) in [6.07, 6.45) is 2.37. The normalized spacial score (nSPS) is 20.7. The lowest BCUT2D eigenvalue weighted by Crippen LogP contribution is -2.39. The minimum Gasteiger partial charge on any atom is -0.376 e. The van der Waals surface area contributed by atoms with Crippen molar-refractivity contribution in [3.8, 4) is 0 Å². The van der Waals surface area contributed by atoms with E-state index in [0.29, 0.717) is 6.61 Å². The Bertz CT molecular complexity index is 459. The van der Waals surface area contributed by atoms with Crippen molar-refractivity contribution in [2.24, 2.45) is 0 Å². The summed E-state index contributed by atoms with van der Waals surface area (Å²) in [5.74, 6) is 0. The number of nitrogens with zero attached hydrogens (tertiary/aromatic N) is 2. The highest BCUT2D eigenvalue weighted by molar-refractivity contribution is 4.85. The van der Waals surface area contributed by atoms with Crippen molar-refractivity contribution in [2.75, 3.05) is 6.61 Å². The zero-order valence-corrected chi connectivity index (χ0v) is 8.06. The molecule has 0 radical (unpaired) electrons. The molecular weight excluding hydrogens is 203 g/mol. The van der Waals surface area contributed by atoms with Crippen molar-refractivity contribution in [1.82, 2.24) is 9.36 Å². The Morgan fingerprint density at radius 2 is 2.33 bits per heavy atom. The van der Waals surface area contributed by atoms with Crippen molar-refractivity contribution < 1.29 is 9.22 Å². The van der Waals surface area contributed by atoms with E-state index in [1.807, 2.05) is 0 Å². The van der Waals surface area contributed by atoms with Gasteiger partial charge in [-0.25, -0.2) is 4.79 Å². The van der Waals surface area contributed by atoms with E-state index in [4.69, 9.17) is 4.74 Å². The van der Waals surface area contributed by atoms with Crippen LogP contribution in [0.2, 0.25) is 0 Å². The second-order valence-corrected chi connectivity index (χ2v) is 3.49. The highest BCUT2D eigenvalue weighted by Crippen LogP contribution is 2.12. The molecule has 1 aromatic rings. The zero-order chi connectivity index (χ0) is 10.8. The van der Waals surface area contributed by atoms with Crippen molar-refractivity contribution in [1.29, 1.82) is 0 Å². The van der Waals surface area contributed by atoms with Crippen LogP contribution in [0.3, 0.4) is 0 Å². The Morgan fingerprint density at radius 1 is 1.53 bits per heavy atom. The third kappa shape index (κ3) is 1.99. The van der Waals surface area contributed by atoms with Gasteiger partial charge in [-0.3, -0.25) is 9.36 Å². The van der Waals surface area contributed by atoms with Gasteiger partial charge in [0, 0.05) is 18.9 Å². The van der Waals surface area contributed by atoms with E-state index in [1.165, 1.54) is 0 Å². The van der Waals surface area contributed by atoms with Gasteiger partial charge in [0.05, 0.1) is 12.6 Å². The van der Waals surface area contributed by atoms with Crippen LogP contribution in [0.5, 0.6) is 0 Å². The molecule has 0 aliphatic carbocycles. The molecule has 82 valence electrons. The van der Waals surface area contributed by atoms with Gasteiger partial charge in [0.15, 0.2) is 0 Å². The van der Waals surface area contributed by atoms with Gasteiger partial charge < -0.3 is 4.74 Å². The average Bonchev–Trinajstić information content (AvgIpc) is 2.71. The topological polar surface area (TPSA) is 53.2 Å². The van der Waals surface area contributed by atoms with Gasteiger partial charge in [-0.15, -0.1) is 4.79 Å². The van der Waals surface area contributed by atoms with Crippen molar-refractivity contribution in [2.45, 2.75) is 25.5 Å². The van der Waals surface area contributed by atoms with Crippen LogP contribution < -0.4 is 11.2 Å². The van der Waals surface area contributed by atoms with Gasteiger partial charge in [0.25, 0.3) is 5.56 Å². The molecule has 1 atom stereocenters. The summed E-state index contributed by atoms with van der Waals surface area (Å²) in [6.45, 7) is 0.762. The quantitative estimate of drug-likeness (QED) is 0.692. The number of ether oxygens (including phenoxy) is 1. The lowest BCUT2D eigenvalue weighted by molar-refractivity contribution is 0.0936. The summed E-state index contributed by atoms with van der Waals surface area (Å²) in [5, 5.41) is 0. The molecule has 2 heterocycles. The van der Waals surface area contributed by atoms with Gasteiger partial charge in [-0.1, -0.05) is 4.48 Å². The van der Waals surface area contributed by atoms with E-state index >= 15 is 0 Å². The van der Waals surface area contributed by atoms with Crippen LogP contribution >= 0.6 is 0 Å². The number of halogens is 1. The molecule has 0 saturated carbocycles. The van der Waals surface area contributed by atoms with Crippen molar-refractivity contribution >= 4 is 0 Å². The largest absolute Gasteiger partial charge is 0.376 e. The maximum Gasteiger partial charge on any atom is 0.359 e. The molecule has 1 fully saturated rings. The molecule has 2 rings (SSSR count). The first-order chi connectivity index (χ1) is 7.18. The smallest absolute Gasteiger partial charge is 0.359 e. The Balaban J connectivity index is 2.30. The monoisotopic (exact) mass is 214 g/mol.